The number of rotatable bonds is 2. The van der Waals surface area contributed by atoms with Crippen LogP contribution in [0, 0.1) is 5.41 Å². The Bertz CT molecular complexity index is 249. The topological polar surface area (TPSA) is 32.6 Å². The molecular weight excluding hydrogens is 170 g/mol. The highest BCUT2D eigenvalue weighted by molar-refractivity contribution is 7.99. The van der Waals surface area contributed by atoms with Crippen molar-refractivity contribution in [3.8, 4) is 0 Å². The van der Waals surface area contributed by atoms with E-state index >= 15 is 0 Å². The van der Waals surface area contributed by atoms with E-state index in [1.165, 1.54) is 0 Å². The van der Waals surface area contributed by atoms with Gasteiger partial charge in [-0.1, -0.05) is 32.5 Å². The Morgan fingerprint density at radius 3 is 2.67 bits per heavy atom. The summed E-state index contributed by atoms with van der Waals surface area (Å²) in [4.78, 5) is 4.19. The van der Waals surface area contributed by atoms with Gasteiger partial charge < -0.3 is 0 Å². The molecule has 1 N–H and O–H groups in total. The second-order valence-electron chi connectivity index (χ2n) is 4.12. The summed E-state index contributed by atoms with van der Waals surface area (Å²) in [5.74, 6) is 1.08. The molecule has 0 saturated carbocycles. The van der Waals surface area contributed by atoms with E-state index in [2.05, 4.69) is 30.9 Å². The second-order valence-corrected chi connectivity index (χ2v) is 5.09. The lowest BCUT2D eigenvalue weighted by molar-refractivity contribution is -0.730. The smallest absolute Gasteiger partial charge is 0.182 e. The van der Waals surface area contributed by atoms with Gasteiger partial charge in [-0.3, -0.25) is 0 Å². The summed E-state index contributed by atoms with van der Waals surface area (Å²) in [5.41, 5.74) is 0.357. The number of hydrogen-bond donors (Lipinski definition) is 1. The molecule has 12 heavy (non-hydrogen) atoms. The first-order valence-electron chi connectivity index (χ1n) is 4.01. The minimum atomic E-state index is 0.357. The maximum Gasteiger partial charge on any atom is 0.310 e. The Kier molecular flexibility index (Phi) is 2.77. The second kappa shape index (κ2) is 3.47. The predicted molar refractivity (Wildman–Crippen MR) is 49.9 cm³/mol. The van der Waals surface area contributed by atoms with Gasteiger partial charge in [-0.05, 0) is 10.4 Å². The molecule has 3 nitrogen and oxygen atoms in total. The molecule has 1 heterocycles. The molecule has 68 valence electrons. The average molecular weight is 186 g/mol. The minimum absolute atomic E-state index is 0.357. The fourth-order valence-electron chi connectivity index (χ4n) is 0.702. The van der Waals surface area contributed by atoms with Crippen molar-refractivity contribution in [1.82, 2.24) is 10.1 Å². The Labute approximate surface area is 77.6 Å². The number of aromatic nitrogens is 3. The van der Waals surface area contributed by atoms with Gasteiger partial charge in [0.15, 0.2) is 0 Å². The van der Waals surface area contributed by atoms with Crippen LogP contribution in [0.1, 0.15) is 20.8 Å². The third-order valence-corrected chi connectivity index (χ3v) is 2.74. The number of nitrogens with zero attached hydrogens (tertiary/aromatic N) is 2. The molecule has 0 aliphatic heterocycles. The van der Waals surface area contributed by atoms with Gasteiger partial charge in [0, 0.05) is 5.75 Å². The van der Waals surface area contributed by atoms with Gasteiger partial charge in [0.25, 0.3) is 0 Å². The van der Waals surface area contributed by atoms with Crippen LogP contribution in [-0.4, -0.2) is 15.8 Å². The Morgan fingerprint density at radius 2 is 2.25 bits per heavy atom. The number of aromatic amines is 1. The predicted octanol–water partition coefficient (Wildman–Crippen LogP) is 1.37. The molecule has 0 radical (unpaired) electrons. The van der Waals surface area contributed by atoms with Gasteiger partial charge in [-0.2, -0.15) is 9.78 Å². The van der Waals surface area contributed by atoms with Crippen LogP contribution >= 0.6 is 11.8 Å². The van der Waals surface area contributed by atoms with Gasteiger partial charge in [0.2, 0.25) is 0 Å². The van der Waals surface area contributed by atoms with Crippen LogP contribution in [0.3, 0.4) is 0 Å². The average Bonchev–Trinajstić information content (AvgIpc) is 2.30. The van der Waals surface area contributed by atoms with Crippen molar-refractivity contribution in [3.05, 3.63) is 6.33 Å². The highest BCUT2D eigenvalue weighted by Gasteiger charge is 2.14. The molecule has 0 spiro atoms. The third kappa shape index (κ3) is 3.26. The molecule has 0 fully saturated rings. The first kappa shape index (κ1) is 9.58. The largest absolute Gasteiger partial charge is 0.310 e. The van der Waals surface area contributed by atoms with Crippen LogP contribution in [0.25, 0.3) is 0 Å². The fourth-order valence-corrected chi connectivity index (χ4v) is 1.60. The zero-order chi connectivity index (χ0) is 9.19. The SMILES string of the molecule is C[n+]1cnc(SCC(C)(C)C)[nH]1. The van der Waals surface area contributed by atoms with Crippen LogP contribution in [0.15, 0.2) is 11.5 Å². The highest BCUT2D eigenvalue weighted by atomic mass is 32.2. The van der Waals surface area contributed by atoms with Crippen LogP contribution in [0.2, 0.25) is 0 Å². The number of hydrogen-bond acceptors (Lipinski definition) is 2. The van der Waals surface area contributed by atoms with Crippen LogP contribution in [0.5, 0.6) is 0 Å². The molecule has 0 aliphatic carbocycles. The maximum atomic E-state index is 4.19. The zero-order valence-electron chi connectivity index (χ0n) is 8.09. The normalized spacial score (nSPS) is 12.0. The van der Waals surface area contributed by atoms with Crippen molar-refractivity contribution in [2.75, 3.05) is 5.75 Å². The summed E-state index contributed by atoms with van der Waals surface area (Å²) in [7, 11) is 1.94. The summed E-state index contributed by atoms with van der Waals surface area (Å²) in [6.45, 7) is 6.68. The molecule has 1 rings (SSSR count). The number of aryl methyl sites for hydroxylation is 1. The van der Waals surface area contributed by atoms with E-state index in [1.54, 1.807) is 18.1 Å². The molecule has 0 saturated heterocycles. The molecule has 4 heteroatoms. The number of nitrogens with one attached hydrogen (secondary N) is 1. The van der Waals surface area contributed by atoms with Crippen molar-refractivity contribution >= 4 is 11.8 Å². The highest BCUT2D eigenvalue weighted by Crippen LogP contribution is 2.23. The molecule has 0 atom stereocenters. The van der Waals surface area contributed by atoms with E-state index in [9.17, 15) is 0 Å². The van der Waals surface area contributed by atoms with Crippen LogP contribution in [-0.2, 0) is 7.05 Å². The summed E-state index contributed by atoms with van der Waals surface area (Å²) >= 11 is 1.76. The molecule has 0 unspecified atom stereocenters. The van der Waals surface area contributed by atoms with E-state index in [0.717, 1.165) is 10.9 Å². The molecule has 0 aromatic carbocycles. The summed E-state index contributed by atoms with van der Waals surface area (Å²) in [5, 5.41) is 4.11. The Hall–Kier alpha value is -0.510. The van der Waals surface area contributed by atoms with E-state index in [1.807, 2.05) is 11.7 Å². The first-order valence-corrected chi connectivity index (χ1v) is 4.99. The third-order valence-electron chi connectivity index (χ3n) is 1.26. The quantitative estimate of drug-likeness (QED) is 0.559. The molecule has 0 amide bonds. The minimum Gasteiger partial charge on any atom is -0.182 e. The standard InChI is InChI=1S/C8H15N3S/c1-8(2,3)5-12-7-9-6-11(4)10-7/h6H,5H2,1-4H3/p+1. The molecular formula is C8H16N3S+. The van der Waals surface area contributed by atoms with Gasteiger partial charge in [0.05, 0.1) is 0 Å². The van der Waals surface area contributed by atoms with Crippen molar-refractivity contribution in [2.45, 2.75) is 25.9 Å². The lowest BCUT2D eigenvalue weighted by atomic mass is 10.0. The van der Waals surface area contributed by atoms with Crippen LogP contribution in [0.4, 0.5) is 0 Å². The maximum absolute atomic E-state index is 4.19. The lowest BCUT2D eigenvalue weighted by Crippen LogP contribution is -2.28. The Balaban J connectivity index is 2.44. The van der Waals surface area contributed by atoms with E-state index in [0.29, 0.717) is 5.41 Å². The number of H-pyrrole nitrogens is 1. The van der Waals surface area contributed by atoms with Crippen LogP contribution < -0.4 is 4.68 Å². The molecule has 0 aliphatic rings. The first-order chi connectivity index (χ1) is 5.47. The Morgan fingerprint density at radius 1 is 1.58 bits per heavy atom. The molecule has 0 bridgehead atoms. The van der Waals surface area contributed by atoms with E-state index < -0.39 is 0 Å². The fraction of sp³-hybridized carbons (Fsp3) is 0.750. The molecule has 1 aromatic rings. The summed E-state index contributed by atoms with van der Waals surface area (Å²) in [6.07, 6.45) is 1.78. The van der Waals surface area contributed by atoms with Crippen molar-refractivity contribution in [3.63, 3.8) is 0 Å². The van der Waals surface area contributed by atoms with E-state index in [-0.39, 0.29) is 0 Å². The zero-order valence-corrected chi connectivity index (χ0v) is 8.90. The van der Waals surface area contributed by atoms with Gasteiger partial charge in [0.1, 0.15) is 7.05 Å². The van der Waals surface area contributed by atoms with Crippen molar-refractivity contribution in [2.24, 2.45) is 12.5 Å². The van der Waals surface area contributed by atoms with Gasteiger partial charge >= 0.3 is 11.5 Å². The monoisotopic (exact) mass is 186 g/mol. The summed E-state index contributed by atoms with van der Waals surface area (Å²) in [6, 6.07) is 0. The van der Waals surface area contributed by atoms with E-state index in [4.69, 9.17) is 0 Å². The van der Waals surface area contributed by atoms with Crippen molar-refractivity contribution < 1.29 is 4.68 Å². The van der Waals surface area contributed by atoms with Crippen molar-refractivity contribution in [1.29, 1.82) is 0 Å². The van der Waals surface area contributed by atoms with Gasteiger partial charge in [-0.15, -0.1) is 0 Å². The molecule has 1 aromatic heterocycles. The summed E-state index contributed by atoms with van der Waals surface area (Å²) < 4.78 is 1.85. The lowest BCUT2D eigenvalue weighted by Gasteiger charge is -2.14. The van der Waals surface area contributed by atoms with Gasteiger partial charge in [-0.25, -0.2) is 0 Å². The number of thioether (sulfide) groups is 1.